The van der Waals surface area contributed by atoms with E-state index >= 15 is 0 Å². The van der Waals surface area contributed by atoms with Gasteiger partial charge >= 0.3 is 0 Å². The van der Waals surface area contributed by atoms with Crippen LogP contribution in [-0.2, 0) is 0 Å². The van der Waals surface area contributed by atoms with Crippen molar-refractivity contribution < 1.29 is 0 Å². The first-order valence-electron chi connectivity index (χ1n) is 7.05. The molecule has 0 aliphatic carbocycles. The van der Waals surface area contributed by atoms with Gasteiger partial charge in [-0.25, -0.2) is 0 Å². The van der Waals surface area contributed by atoms with Crippen molar-refractivity contribution in [1.82, 2.24) is 4.90 Å². The van der Waals surface area contributed by atoms with Crippen LogP contribution in [-0.4, -0.2) is 25.5 Å². The number of nitrogens with zero attached hydrogens (tertiary/aromatic N) is 1. The van der Waals surface area contributed by atoms with Crippen LogP contribution in [0.25, 0.3) is 11.6 Å². The van der Waals surface area contributed by atoms with Crippen molar-refractivity contribution >= 4 is 35.0 Å². The summed E-state index contributed by atoms with van der Waals surface area (Å²) in [6.07, 6.45) is 3.33. The molecule has 2 aromatic carbocycles. The largest absolute Gasteiger partial charge is 0.309 e. The normalized spacial score (nSPS) is 13.4. The van der Waals surface area contributed by atoms with E-state index in [0.29, 0.717) is 0 Å². The second kappa shape index (κ2) is 6.27. The number of hydrogen-bond acceptors (Lipinski definition) is 2. The van der Waals surface area contributed by atoms with Crippen LogP contribution in [0.2, 0.25) is 5.02 Å². The summed E-state index contributed by atoms with van der Waals surface area (Å²) in [6.45, 7) is 1.04. The minimum atomic E-state index is 0.795. The lowest BCUT2D eigenvalue weighted by atomic mass is 10.00. The summed E-state index contributed by atoms with van der Waals surface area (Å²) >= 11 is 8.00. The Kier molecular flexibility index (Phi) is 4.39. The lowest BCUT2D eigenvalue weighted by molar-refractivity contribution is 0.419. The molecule has 1 aliphatic rings. The molecule has 1 heterocycles. The standard InChI is InChI=1S/C18H18ClNS/c1-20(2)10-9-13-11-14-12-15(19)7-8-17(14)21-18-6-4-3-5-16(13)18/h3-8,11-12H,9-10H2,1-2H3. The quantitative estimate of drug-likeness (QED) is 0.756. The van der Waals surface area contributed by atoms with Crippen LogP contribution >= 0.6 is 23.4 Å². The van der Waals surface area contributed by atoms with E-state index in [0.717, 1.165) is 18.0 Å². The molecule has 0 aromatic heterocycles. The monoisotopic (exact) mass is 315 g/mol. The average Bonchev–Trinajstić information content (AvgIpc) is 2.61. The van der Waals surface area contributed by atoms with Gasteiger partial charge in [-0.3, -0.25) is 0 Å². The van der Waals surface area contributed by atoms with Crippen LogP contribution in [0.15, 0.2) is 52.3 Å². The van der Waals surface area contributed by atoms with E-state index in [1.165, 1.54) is 26.5 Å². The number of rotatable bonds is 3. The first-order valence-corrected chi connectivity index (χ1v) is 8.25. The summed E-state index contributed by atoms with van der Waals surface area (Å²) in [6, 6.07) is 14.8. The molecule has 1 nitrogen and oxygen atoms in total. The van der Waals surface area contributed by atoms with Gasteiger partial charge in [-0.05, 0) is 67.6 Å². The molecule has 0 saturated heterocycles. The van der Waals surface area contributed by atoms with Crippen LogP contribution in [0, 0.1) is 0 Å². The second-order valence-electron chi connectivity index (χ2n) is 5.50. The maximum Gasteiger partial charge on any atom is 0.0412 e. The molecule has 0 bridgehead atoms. The fourth-order valence-electron chi connectivity index (χ4n) is 2.48. The zero-order valence-electron chi connectivity index (χ0n) is 12.3. The van der Waals surface area contributed by atoms with E-state index in [9.17, 15) is 0 Å². The fraction of sp³-hybridized carbons (Fsp3) is 0.222. The summed E-state index contributed by atoms with van der Waals surface area (Å²) in [4.78, 5) is 4.82. The Morgan fingerprint density at radius 2 is 1.86 bits per heavy atom. The second-order valence-corrected chi connectivity index (χ2v) is 7.02. The third-order valence-corrected chi connectivity index (χ3v) is 4.99. The highest BCUT2D eigenvalue weighted by molar-refractivity contribution is 7.99. The maximum absolute atomic E-state index is 6.17. The summed E-state index contributed by atoms with van der Waals surface area (Å²) in [5.74, 6) is 0. The molecular weight excluding hydrogens is 298 g/mol. The van der Waals surface area contributed by atoms with Gasteiger partial charge in [-0.1, -0.05) is 41.6 Å². The fourth-order valence-corrected chi connectivity index (χ4v) is 3.73. The first kappa shape index (κ1) is 14.7. The van der Waals surface area contributed by atoms with Crippen LogP contribution in [0.1, 0.15) is 17.5 Å². The molecule has 21 heavy (non-hydrogen) atoms. The number of benzene rings is 2. The van der Waals surface area contributed by atoms with Crippen molar-refractivity contribution in [3.63, 3.8) is 0 Å². The van der Waals surface area contributed by atoms with E-state index in [-0.39, 0.29) is 0 Å². The van der Waals surface area contributed by atoms with Crippen molar-refractivity contribution in [3.8, 4) is 0 Å². The Bertz CT molecular complexity index is 691. The van der Waals surface area contributed by atoms with Crippen molar-refractivity contribution in [2.45, 2.75) is 16.2 Å². The van der Waals surface area contributed by atoms with Gasteiger partial charge < -0.3 is 4.90 Å². The Morgan fingerprint density at radius 3 is 2.67 bits per heavy atom. The topological polar surface area (TPSA) is 3.24 Å². The van der Waals surface area contributed by atoms with Gasteiger partial charge in [0.05, 0.1) is 0 Å². The van der Waals surface area contributed by atoms with Gasteiger partial charge in [0.15, 0.2) is 0 Å². The molecule has 0 N–H and O–H groups in total. The third-order valence-electron chi connectivity index (χ3n) is 3.58. The van der Waals surface area contributed by atoms with Gasteiger partial charge in [0, 0.05) is 21.4 Å². The summed E-state index contributed by atoms with van der Waals surface area (Å²) < 4.78 is 0. The van der Waals surface area contributed by atoms with Gasteiger partial charge in [0.1, 0.15) is 0 Å². The molecule has 0 spiro atoms. The highest BCUT2D eigenvalue weighted by atomic mass is 35.5. The molecule has 3 rings (SSSR count). The Balaban J connectivity index is 2.09. The highest BCUT2D eigenvalue weighted by Crippen LogP contribution is 2.41. The van der Waals surface area contributed by atoms with Crippen molar-refractivity contribution in [1.29, 1.82) is 0 Å². The zero-order chi connectivity index (χ0) is 14.8. The van der Waals surface area contributed by atoms with Crippen LogP contribution in [0.5, 0.6) is 0 Å². The number of fused-ring (bicyclic) bond motifs is 2. The predicted molar refractivity (Wildman–Crippen MR) is 93.1 cm³/mol. The Morgan fingerprint density at radius 1 is 1.05 bits per heavy atom. The molecule has 2 aromatic rings. The minimum Gasteiger partial charge on any atom is -0.309 e. The minimum absolute atomic E-state index is 0.795. The molecule has 0 atom stereocenters. The van der Waals surface area contributed by atoms with Crippen molar-refractivity contribution in [2.75, 3.05) is 20.6 Å². The first-order chi connectivity index (χ1) is 10.1. The highest BCUT2D eigenvalue weighted by Gasteiger charge is 2.15. The van der Waals surface area contributed by atoms with Crippen LogP contribution in [0.4, 0.5) is 0 Å². The lowest BCUT2D eigenvalue weighted by Crippen LogP contribution is -2.13. The predicted octanol–water partition coefficient (Wildman–Crippen LogP) is 5.30. The van der Waals surface area contributed by atoms with Crippen molar-refractivity contribution in [3.05, 3.63) is 58.6 Å². The number of halogens is 1. The zero-order valence-corrected chi connectivity index (χ0v) is 13.8. The summed E-state index contributed by atoms with van der Waals surface area (Å²) in [7, 11) is 4.23. The molecule has 0 fully saturated rings. The molecule has 0 unspecified atom stereocenters. The van der Waals surface area contributed by atoms with E-state index in [4.69, 9.17) is 11.6 Å². The summed E-state index contributed by atoms with van der Waals surface area (Å²) in [5, 5.41) is 0.795. The van der Waals surface area contributed by atoms with Gasteiger partial charge in [-0.2, -0.15) is 0 Å². The summed E-state index contributed by atoms with van der Waals surface area (Å²) in [5.41, 5.74) is 3.95. The molecule has 0 saturated carbocycles. The maximum atomic E-state index is 6.17. The van der Waals surface area contributed by atoms with Crippen LogP contribution in [0.3, 0.4) is 0 Å². The molecule has 1 aliphatic heterocycles. The van der Waals surface area contributed by atoms with E-state index in [1.807, 2.05) is 17.8 Å². The smallest absolute Gasteiger partial charge is 0.0412 e. The molecule has 108 valence electrons. The Labute approximate surface area is 135 Å². The van der Waals surface area contributed by atoms with Crippen LogP contribution < -0.4 is 0 Å². The molecule has 0 amide bonds. The van der Waals surface area contributed by atoms with Gasteiger partial charge in [-0.15, -0.1) is 0 Å². The average molecular weight is 316 g/mol. The van der Waals surface area contributed by atoms with Gasteiger partial charge in [0.2, 0.25) is 0 Å². The molecule has 3 heteroatoms. The van der Waals surface area contributed by atoms with Gasteiger partial charge in [0.25, 0.3) is 0 Å². The molecular formula is C18H18ClNS. The van der Waals surface area contributed by atoms with E-state index < -0.39 is 0 Å². The van der Waals surface area contributed by atoms with E-state index in [1.54, 1.807) is 0 Å². The third kappa shape index (κ3) is 3.34. The number of hydrogen-bond donors (Lipinski definition) is 0. The van der Waals surface area contributed by atoms with E-state index in [2.05, 4.69) is 61.5 Å². The molecule has 0 radical (unpaired) electrons. The Hall–Kier alpha value is -1.22. The lowest BCUT2D eigenvalue weighted by Gasteiger charge is -2.13. The van der Waals surface area contributed by atoms with Crippen molar-refractivity contribution in [2.24, 2.45) is 0 Å². The SMILES string of the molecule is CN(C)CCC1=Cc2cc(Cl)ccc2Sc2ccccc21.